The molecule has 0 radical (unpaired) electrons. The summed E-state index contributed by atoms with van der Waals surface area (Å²) in [4.78, 5) is 13.4. The van der Waals surface area contributed by atoms with Gasteiger partial charge in [-0.15, -0.1) is 0 Å². The quantitative estimate of drug-likeness (QED) is 0.260. The van der Waals surface area contributed by atoms with Crippen LogP contribution in [-0.4, -0.2) is 36.3 Å². The lowest BCUT2D eigenvalue weighted by Crippen LogP contribution is -2.12. The van der Waals surface area contributed by atoms with Crippen LogP contribution in [0.15, 0.2) is 16.3 Å². The summed E-state index contributed by atoms with van der Waals surface area (Å²) in [6.07, 6.45) is 1.12. The maximum absolute atomic E-state index is 11.0. The Morgan fingerprint density at radius 1 is 1.62 bits per heavy atom. The number of alkyl halides is 2. The van der Waals surface area contributed by atoms with E-state index in [0.717, 1.165) is 6.21 Å². The van der Waals surface area contributed by atoms with E-state index in [1.807, 2.05) is 0 Å². The molecule has 1 N–H and O–H groups in total. The number of nitrogens with zero attached hydrogens (tertiary/aromatic N) is 1. The predicted octanol–water partition coefficient (Wildman–Crippen LogP) is 1.48. The molecule has 0 amide bonds. The number of aliphatic hydroxyl groups excluding tert-OH is 1. The number of methoxy groups -OCH3 is 1. The van der Waals surface area contributed by atoms with Crippen molar-refractivity contribution < 1.29 is 14.6 Å². The van der Waals surface area contributed by atoms with Gasteiger partial charge < -0.3 is 9.84 Å². The Balaban J connectivity index is 4.99. The van der Waals surface area contributed by atoms with E-state index in [1.165, 1.54) is 14.2 Å². The lowest BCUT2D eigenvalue weighted by Gasteiger charge is -2.04. The number of rotatable bonds is 3. The number of esters is 1. The fourth-order valence-electron chi connectivity index (χ4n) is 0.580. The van der Waals surface area contributed by atoms with Crippen LogP contribution in [0.5, 0.6) is 0 Å². The van der Waals surface area contributed by atoms with Gasteiger partial charge in [-0.2, -0.15) is 0 Å². The summed E-state index contributed by atoms with van der Waals surface area (Å²) in [6, 6.07) is 0. The van der Waals surface area contributed by atoms with Crippen LogP contribution >= 0.6 is 23.2 Å². The molecular weight excluding hydrogens is 217 g/mol. The van der Waals surface area contributed by atoms with Crippen LogP contribution in [0.2, 0.25) is 0 Å². The molecule has 0 saturated carbocycles. The lowest BCUT2D eigenvalue weighted by atomic mass is 10.2. The van der Waals surface area contributed by atoms with Gasteiger partial charge in [0.05, 0.1) is 7.11 Å². The smallest absolute Gasteiger partial charge is 0.342 e. The molecule has 0 fully saturated rings. The van der Waals surface area contributed by atoms with Gasteiger partial charge in [-0.3, -0.25) is 4.99 Å². The summed E-state index contributed by atoms with van der Waals surface area (Å²) in [5, 5.41) is 9.24. The molecule has 0 aromatic heterocycles. The summed E-state index contributed by atoms with van der Waals surface area (Å²) < 4.78 is 4.37. The number of hydrogen-bond donors (Lipinski definition) is 1. The second-order valence-corrected chi connectivity index (χ2v) is 3.07. The maximum atomic E-state index is 11.0. The largest absolute Gasteiger partial charge is 0.508 e. The van der Waals surface area contributed by atoms with Gasteiger partial charge in [0.2, 0.25) is 0 Å². The van der Waals surface area contributed by atoms with E-state index in [2.05, 4.69) is 9.73 Å². The molecule has 0 aromatic carbocycles. The van der Waals surface area contributed by atoms with E-state index in [4.69, 9.17) is 23.2 Å². The van der Waals surface area contributed by atoms with E-state index < -0.39 is 16.6 Å². The Labute approximate surface area is 85.8 Å². The molecule has 6 heteroatoms. The minimum absolute atomic E-state index is 0.153. The van der Waals surface area contributed by atoms with E-state index in [1.54, 1.807) is 0 Å². The highest BCUT2D eigenvalue weighted by Crippen LogP contribution is 2.15. The second kappa shape index (κ2) is 5.83. The molecule has 0 saturated heterocycles. The molecule has 74 valence electrons. The highest BCUT2D eigenvalue weighted by atomic mass is 35.5. The molecule has 0 aliphatic heterocycles. The van der Waals surface area contributed by atoms with Crippen LogP contribution in [-0.2, 0) is 9.53 Å². The van der Waals surface area contributed by atoms with Crippen molar-refractivity contribution in [1.82, 2.24) is 0 Å². The molecule has 0 atom stereocenters. The lowest BCUT2D eigenvalue weighted by molar-refractivity contribution is -0.135. The number of carbonyl (C=O) groups is 1. The normalized spacial score (nSPS) is 13.3. The van der Waals surface area contributed by atoms with Gasteiger partial charge in [0.25, 0.3) is 0 Å². The topological polar surface area (TPSA) is 58.9 Å². The highest BCUT2D eigenvalue weighted by molar-refractivity contribution is 6.46. The van der Waals surface area contributed by atoms with Crippen molar-refractivity contribution in [3.8, 4) is 0 Å². The van der Waals surface area contributed by atoms with Crippen molar-refractivity contribution >= 4 is 35.4 Å². The average Bonchev–Trinajstić information content (AvgIpc) is 2.11. The minimum atomic E-state index is -1.17. The number of carbonyl (C=O) groups excluding carboxylic acids is 1. The Morgan fingerprint density at radius 3 is 2.46 bits per heavy atom. The van der Waals surface area contributed by atoms with Gasteiger partial charge in [0.15, 0.2) is 4.84 Å². The van der Waals surface area contributed by atoms with Crippen LogP contribution in [0.4, 0.5) is 0 Å². The average molecular weight is 226 g/mol. The monoisotopic (exact) mass is 225 g/mol. The van der Waals surface area contributed by atoms with Gasteiger partial charge in [-0.1, -0.05) is 23.2 Å². The fourth-order valence-corrected chi connectivity index (χ4v) is 0.815. The van der Waals surface area contributed by atoms with E-state index in [9.17, 15) is 9.90 Å². The first-order valence-corrected chi connectivity index (χ1v) is 4.13. The molecule has 4 nitrogen and oxygen atoms in total. The predicted molar refractivity (Wildman–Crippen MR) is 51.6 cm³/mol. The Hall–Kier alpha value is -0.740. The van der Waals surface area contributed by atoms with Crippen LogP contribution < -0.4 is 0 Å². The third-order valence-corrected chi connectivity index (χ3v) is 1.56. The second-order valence-electron chi connectivity index (χ2n) is 1.98. The molecule has 13 heavy (non-hydrogen) atoms. The first-order valence-electron chi connectivity index (χ1n) is 3.26. The molecule has 0 bridgehead atoms. The van der Waals surface area contributed by atoms with Crippen molar-refractivity contribution in [3.05, 3.63) is 11.3 Å². The van der Waals surface area contributed by atoms with Crippen LogP contribution in [0, 0.1) is 0 Å². The first-order chi connectivity index (χ1) is 6.04. The molecule has 0 aliphatic carbocycles. The van der Waals surface area contributed by atoms with Crippen molar-refractivity contribution in [3.63, 3.8) is 0 Å². The fraction of sp³-hybridized carbons (Fsp3) is 0.429. The summed E-state index contributed by atoms with van der Waals surface area (Å²) in [6.45, 7) is 0. The van der Waals surface area contributed by atoms with Crippen molar-refractivity contribution in [2.45, 2.75) is 4.84 Å². The summed E-state index contributed by atoms with van der Waals surface area (Å²) in [5.74, 6) is -1.21. The SMILES string of the molecule is CN=C/C(C(=O)OC)=C(\O)C(Cl)Cl. The molecule has 0 aromatic rings. The number of hydrogen-bond acceptors (Lipinski definition) is 4. The van der Waals surface area contributed by atoms with Gasteiger partial charge in [0.1, 0.15) is 11.3 Å². The Bertz CT molecular complexity index is 248. The molecule has 0 rings (SSSR count). The molecule has 0 spiro atoms. The number of halogens is 2. The molecule has 0 aliphatic rings. The van der Waals surface area contributed by atoms with Gasteiger partial charge >= 0.3 is 5.97 Å². The van der Waals surface area contributed by atoms with Crippen LogP contribution in [0.25, 0.3) is 0 Å². The molecule has 0 heterocycles. The summed E-state index contributed by atoms with van der Waals surface area (Å²) in [7, 11) is 2.62. The molecular formula is C7H9Cl2NO3. The summed E-state index contributed by atoms with van der Waals surface area (Å²) >= 11 is 10.7. The maximum Gasteiger partial charge on any atom is 0.342 e. The first kappa shape index (κ1) is 12.3. The zero-order valence-electron chi connectivity index (χ0n) is 7.12. The van der Waals surface area contributed by atoms with E-state index >= 15 is 0 Å². The van der Waals surface area contributed by atoms with E-state index in [0.29, 0.717) is 0 Å². The van der Waals surface area contributed by atoms with Crippen molar-refractivity contribution in [1.29, 1.82) is 0 Å². The highest BCUT2D eigenvalue weighted by Gasteiger charge is 2.18. The Kier molecular flexibility index (Phi) is 5.50. The number of aliphatic imine (C=N–C) groups is 1. The standard InChI is InChI=1S/C7H9Cl2NO3/c1-10-3-4(7(12)13-2)5(11)6(8)9/h3,6,11H,1-2H3/b5-4+,10-3?. The third kappa shape index (κ3) is 3.65. The summed E-state index contributed by atoms with van der Waals surface area (Å²) in [5.41, 5.74) is -0.153. The number of aliphatic hydroxyl groups is 1. The van der Waals surface area contributed by atoms with Gasteiger partial charge in [-0.25, -0.2) is 4.79 Å². The number of ether oxygens (including phenoxy) is 1. The van der Waals surface area contributed by atoms with Gasteiger partial charge in [0, 0.05) is 13.3 Å². The zero-order valence-corrected chi connectivity index (χ0v) is 8.63. The van der Waals surface area contributed by atoms with E-state index in [-0.39, 0.29) is 5.57 Å². The van der Waals surface area contributed by atoms with Crippen LogP contribution in [0.1, 0.15) is 0 Å². The van der Waals surface area contributed by atoms with Gasteiger partial charge in [-0.05, 0) is 0 Å². The minimum Gasteiger partial charge on any atom is -0.508 e. The Morgan fingerprint density at radius 2 is 2.15 bits per heavy atom. The molecule has 0 unspecified atom stereocenters. The van der Waals surface area contributed by atoms with Crippen molar-refractivity contribution in [2.75, 3.05) is 14.2 Å². The third-order valence-electron chi connectivity index (χ3n) is 1.15. The number of allylic oxidation sites excluding steroid dienone is 1. The van der Waals surface area contributed by atoms with Crippen molar-refractivity contribution in [2.24, 2.45) is 4.99 Å². The zero-order chi connectivity index (χ0) is 10.4. The van der Waals surface area contributed by atoms with Crippen LogP contribution in [0.3, 0.4) is 0 Å².